The third-order valence-electron chi connectivity index (χ3n) is 9.62. The Morgan fingerprint density at radius 1 is 0.346 bits per heavy atom. The van der Waals surface area contributed by atoms with E-state index in [1.807, 2.05) is 42.6 Å². The summed E-state index contributed by atoms with van der Waals surface area (Å²) >= 11 is 0. The molecule has 5 heterocycles. The molecule has 4 nitrogen and oxygen atoms in total. The van der Waals surface area contributed by atoms with Crippen LogP contribution in [0.15, 0.2) is 176 Å². The summed E-state index contributed by atoms with van der Waals surface area (Å²) in [7, 11) is 0. The molecular weight excluding hydrogens is 811 g/mol. The van der Waals surface area contributed by atoms with Crippen LogP contribution < -0.4 is 0 Å². The number of aromatic nitrogens is 4. The van der Waals surface area contributed by atoms with E-state index in [-0.39, 0.29) is 37.5 Å². The number of benzene rings is 4. The Kier molecular flexibility index (Phi) is 9.45. The first kappa shape index (κ1) is 33.3. The average Bonchev–Trinajstić information content (AvgIpc) is 3.20. The quantitative estimate of drug-likeness (QED) is 0.162. The predicted molar refractivity (Wildman–Crippen MR) is 201 cm³/mol. The molecule has 0 fully saturated rings. The minimum absolute atomic E-state index is 0. The van der Waals surface area contributed by atoms with Crippen LogP contribution in [0.1, 0.15) is 68.7 Å². The molecule has 1 aliphatic rings. The van der Waals surface area contributed by atoms with Crippen LogP contribution in [0.2, 0.25) is 0 Å². The number of fused-ring (bicyclic) bond motifs is 6. The van der Waals surface area contributed by atoms with Gasteiger partial charge in [-0.2, -0.15) is 48.5 Å². The van der Waals surface area contributed by atoms with Crippen LogP contribution in [0.4, 0.5) is 0 Å². The Hall–Kier alpha value is -5.88. The Morgan fingerprint density at radius 2 is 0.731 bits per heavy atom. The van der Waals surface area contributed by atoms with Gasteiger partial charge in [-0.1, -0.05) is 84.9 Å². The smallest absolute Gasteiger partial charge is 0.260 e. The van der Waals surface area contributed by atoms with Crippen molar-refractivity contribution in [2.24, 2.45) is 0 Å². The largest absolute Gasteiger partial charge is 2.00 e. The first-order valence-electron chi connectivity index (χ1n) is 17.2. The third-order valence-corrected chi connectivity index (χ3v) is 9.62. The second-order valence-electron chi connectivity index (χ2n) is 12.8. The standard InChI is InChI=1S/C47H32N4.Os/c1-3-14-32(15-4-1)34-18-9-20-36(30-34)45-39-23-11-24-40(49-39)46(37-21-10-19-35(31-37)33-16-5-2-6-17-33)42-26-13-28-44(51-42)47(38-22-7-8-29-48-38)43-27-12-25-41(45)50-43;/h1-19,22-31,45-47H;/q-2;+2. The van der Waals surface area contributed by atoms with Gasteiger partial charge in [0.05, 0.1) is 45.8 Å². The fraction of sp³-hybridized carbons (Fsp3) is 0.0638. The van der Waals surface area contributed by atoms with E-state index in [1.54, 1.807) is 0 Å². The van der Waals surface area contributed by atoms with Crippen LogP contribution >= 0.6 is 0 Å². The van der Waals surface area contributed by atoms with Gasteiger partial charge in [0.2, 0.25) is 0 Å². The van der Waals surface area contributed by atoms with Crippen molar-refractivity contribution >= 4 is 0 Å². The van der Waals surface area contributed by atoms with Crippen LogP contribution in [0.25, 0.3) is 22.3 Å². The molecule has 9 rings (SSSR count). The van der Waals surface area contributed by atoms with E-state index in [2.05, 4.69) is 146 Å². The fourth-order valence-corrected chi connectivity index (χ4v) is 7.24. The van der Waals surface area contributed by atoms with Gasteiger partial charge in [0.25, 0.3) is 0 Å². The molecule has 0 N–H and O–H groups in total. The molecule has 4 aromatic carbocycles. The van der Waals surface area contributed by atoms with Crippen LogP contribution in [-0.4, -0.2) is 19.9 Å². The fourth-order valence-electron chi connectivity index (χ4n) is 7.24. The van der Waals surface area contributed by atoms with Gasteiger partial charge < -0.3 is 0 Å². The molecule has 0 spiro atoms. The van der Waals surface area contributed by atoms with E-state index in [0.717, 1.165) is 73.2 Å². The van der Waals surface area contributed by atoms with Crippen LogP contribution in [0.5, 0.6) is 0 Å². The minimum Gasteiger partial charge on any atom is -0.260 e. The Balaban J connectivity index is 0.00000387. The summed E-state index contributed by atoms with van der Waals surface area (Å²) in [6.07, 6.45) is 1.84. The van der Waals surface area contributed by atoms with Crippen molar-refractivity contribution < 1.29 is 19.8 Å². The number of pyridine rings is 4. The summed E-state index contributed by atoms with van der Waals surface area (Å²) in [6, 6.07) is 65.7. The van der Waals surface area contributed by atoms with Crippen LogP contribution in [0, 0.1) is 12.1 Å². The maximum Gasteiger partial charge on any atom is 2.00 e. The Labute approximate surface area is 317 Å². The molecule has 2 unspecified atom stereocenters. The zero-order valence-electron chi connectivity index (χ0n) is 28.1. The number of hydrogen-bond donors (Lipinski definition) is 0. The summed E-state index contributed by atoms with van der Waals surface area (Å²) < 4.78 is 0. The van der Waals surface area contributed by atoms with Gasteiger partial charge >= 0.3 is 19.8 Å². The topological polar surface area (TPSA) is 51.6 Å². The Morgan fingerprint density at radius 3 is 1.13 bits per heavy atom. The molecule has 2 atom stereocenters. The van der Waals surface area contributed by atoms with Crippen molar-refractivity contribution in [3.63, 3.8) is 0 Å². The second-order valence-corrected chi connectivity index (χ2v) is 12.8. The summed E-state index contributed by atoms with van der Waals surface area (Å²) in [6.45, 7) is 0. The second kappa shape index (κ2) is 14.8. The predicted octanol–water partition coefficient (Wildman–Crippen LogP) is 10.1. The maximum atomic E-state index is 5.48. The van der Waals surface area contributed by atoms with E-state index >= 15 is 0 Å². The summed E-state index contributed by atoms with van der Waals surface area (Å²) in [5.74, 6) is -0.828. The molecule has 0 saturated heterocycles. The molecule has 0 saturated carbocycles. The van der Waals surface area contributed by atoms with E-state index < -0.39 is 0 Å². The van der Waals surface area contributed by atoms with Crippen molar-refractivity contribution in [1.82, 2.24) is 19.9 Å². The number of rotatable bonds is 5. The molecule has 5 heteroatoms. The van der Waals surface area contributed by atoms with Gasteiger partial charge in [-0.3, -0.25) is 19.9 Å². The van der Waals surface area contributed by atoms with Crippen molar-refractivity contribution in [1.29, 1.82) is 0 Å². The van der Waals surface area contributed by atoms with Gasteiger partial charge in [0.1, 0.15) is 0 Å². The molecule has 6 bridgehead atoms. The molecule has 4 aromatic heterocycles. The average molecular weight is 843 g/mol. The van der Waals surface area contributed by atoms with Crippen molar-refractivity contribution in [2.75, 3.05) is 0 Å². The zero-order valence-corrected chi connectivity index (χ0v) is 30.7. The van der Waals surface area contributed by atoms with Crippen molar-refractivity contribution in [3.05, 3.63) is 239 Å². The first-order chi connectivity index (χ1) is 25.3. The summed E-state index contributed by atoms with van der Waals surface area (Å²) in [5.41, 5.74) is 12.8. The van der Waals surface area contributed by atoms with Gasteiger partial charge in [-0.15, -0.1) is 22.3 Å². The minimum atomic E-state index is -0.280. The Bertz CT molecular complexity index is 2300. The van der Waals surface area contributed by atoms with E-state index in [1.165, 1.54) is 0 Å². The zero-order chi connectivity index (χ0) is 34.0. The number of hydrogen-bond acceptors (Lipinski definition) is 4. The molecule has 0 radical (unpaired) electrons. The van der Waals surface area contributed by atoms with Crippen LogP contribution in [-0.2, 0) is 19.8 Å². The molecule has 1 aliphatic heterocycles. The molecule has 248 valence electrons. The monoisotopic (exact) mass is 844 g/mol. The molecule has 52 heavy (non-hydrogen) atoms. The van der Waals surface area contributed by atoms with Crippen LogP contribution in [0.3, 0.4) is 0 Å². The van der Waals surface area contributed by atoms with Gasteiger partial charge in [0.15, 0.2) is 0 Å². The summed E-state index contributed by atoms with van der Waals surface area (Å²) in [4.78, 5) is 21.1. The maximum absolute atomic E-state index is 5.48. The molecular formula is C47H32N4Os. The third kappa shape index (κ3) is 6.52. The summed E-state index contributed by atoms with van der Waals surface area (Å²) in [5, 5.41) is 0. The van der Waals surface area contributed by atoms with Gasteiger partial charge in [-0.25, -0.2) is 0 Å². The SMILES string of the molecule is [Os+2].[c-]1ccc(-c2ccccc2)cc1C1c2cccc(n2)C(c2[c-]ccc(-c3ccccc3)c2)c2cccc(n2)C(c2ccccn2)c2cccc1n2. The van der Waals surface area contributed by atoms with Gasteiger partial charge in [0, 0.05) is 18.0 Å². The first-order valence-corrected chi connectivity index (χ1v) is 17.2. The molecule has 0 aliphatic carbocycles. The van der Waals surface area contributed by atoms with E-state index in [0.29, 0.717) is 0 Å². The van der Waals surface area contributed by atoms with Crippen molar-refractivity contribution in [3.8, 4) is 22.3 Å². The van der Waals surface area contributed by atoms with Gasteiger partial charge in [-0.05, 0) is 59.7 Å². The molecule has 0 amide bonds. The normalized spacial score (nSPS) is 16.1. The molecule has 8 aromatic rings. The number of nitrogens with zero attached hydrogens (tertiary/aromatic N) is 4. The van der Waals surface area contributed by atoms with Crippen molar-refractivity contribution in [2.45, 2.75) is 17.8 Å². The van der Waals surface area contributed by atoms with E-state index in [4.69, 9.17) is 19.9 Å². The van der Waals surface area contributed by atoms with E-state index in [9.17, 15) is 0 Å².